The van der Waals surface area contributed by atoms with E-state index in [0.717, 1.165) is 24.8 Å². The van der Waals surface area contributed by atoms with Gasteiger partial charge in [-0.2, -0.15) is 0 Å². The van der Waals surface area contributed by atoms with Crippen LogP contribution >= 0.6 is 11.3 Å². The summed E-state index contributed by atoms with van der Waals surface area (Å²) >= 11 is 1.24. The maximum atomic E-state index is 12.5. The van der Waals surface area contributed by atoms with Crippen LogP contribution in [0.2, 0.25) is 0 Å². The first-order valence-corrected chi connectivity index (χ1v) is 7.74. The lowest BCUT2D eigenvalue weighted by atomic mass is 9.82. The number of thiophene rings is 1. The molecule has 108 valence electrons. The Kier molecular flexibility index (Phi) is 3.75. The van der Waals surface area contributed by atoms with Gasteiger partial charge in [0.2, 0.25) is 5.91 Å². The molecule has 0 saturated heterocycles. The average Bonchev–Trinajstić information content (AvgIpc) is 2.95. The standard InChI is InChI=1S/C16H15NO3S/c18-14(17-15-13(16(19)20)8-9-21-15)12-7-3-5-10-4-1-2-6-11(10)12/h1-2,4,6,8-9,12H,3,5,7H2,(H,17,18)(H,19,20). The number of hydrogen-bond acceptors (Lipinski definition) is 3. The van der Waals surface area contributed by atoms with Crippen molar-refractivity contribution in [2.75, 3.05) is 5.32 Å². The summed E-state index contributed by atoms with van der Waals surface area (Å²) in [6, 6.07) is 9.49. The Morgan fingerprint density at radius 2 is 2.05 bits per heavy atom. The normalized spacial score (nSPS) is 17.0. The molecule has 1 amide bonds. The van der Waals surface area contributed by atoms with Crippen LogP contribution in [0.3, 0.4) is 0 Å². The molecule has 1 heterocycles. The predicted molar refractivity (Wildman–Crippen MR) is 82.0 cm³/mol. The maximum absolute atomic E-state index is 12.5. The topological polar surface area (TPSA) is 66.4 Å². The summed E-state index contributed by atoms with van der Waals surface area (Å²) in [5.74, 6) is -1.33. The van der Waals surface area contributed by atoms with Crippen LogP contribution in [0.1, 0.15) is 40.2 Å². The lowest BCUT2D eigenvalue weighted by molar-refractivity contribution is -0.117. The van der Waals surface area contributed by atoms with E-state index in [0.29, 0.717) is 5.00 Å². The molecule has 1 atom stereocenters. The Labute approximate surface area is 126 Å². The molecule has 4 nitrogen and oxygen atoms in total. The fourth-order valence-corrected chi connectivity index (χ4v) is 3.58. The number of carboxylic acid groups (broad SMARTS) is 1. The summed E-state index contributed by atoms with van der Waals surface area (Å²) < 4.78 is 0. The summed E-state index contributed by atoms with van der Waals surface area (Å²) in [6.45, 7) is 0. The monoisotopic (exact) mass is 301 g/mol. The molecule has 5 heteroatoms. The number of anilines is 1. The molecule has 0 aliphatic heterocycles. The van der Waals surface area contributed by atoms with Crippen molar-refractivity contribution in [1.82, 2.24) is 0 Å². The number of carbonyl (C=O) groups excluding carboxylic acids is 1. The van der Waals surface area contributed by atoms with Crippen LogP contribution < -0.4 is 5.32 Å². The molecule has 1 aliphatic rings. The highest BCUT2D eigenvalue weighted by Gasteiger charge is 2.27. The largest absolute Gasteiger partial charge is 0.478 e. The second-order valence-electron chi connectivity index (χ2n) is 5.10. The molecule has 1 aromatic heterocycles. The van der Waals surface area contributed by atoms with Crippen molar-refractivity contribution in [1.29, 1.82) is 0 Å². The van der Waals surface area contributed by atoms with Crippen molar-refractivity contribution in [2.45, 2.75) is 25.2 Å². The first kappa shape index (κ1) is 13.8. The van der Waals surface area contributed by atoms with Crippen molar-refractivity contribution in [2.24, 2.45) is 0 Å². The molecule has 0 bridgehead atoms. The minimum atomic E-state index is -1.02. The van der Waals surface area contributed by atoms with Crippen LogP contribution in [-0.4, -0.2) is 17.0 Å². The number of rotatable bonds is 3. The lowest BCUT2D eigenvalue weighted by Crippen LogP contribution is -2.25. The molecule has 1 aromatic carbocycles. The van der Waals surface area contributed by atoms with E-state index < -0.39 is 5.97 Å². The zero-order valence-corrected chi connectivity index (χ0v) is 12.2. The Bertz CT molecular complexity index is 692. The fraction of sp³-hybridized carbons (Fsp3) is 0.250. The number of nitrogens with one attached hydrogen (secondary N) is 1. The van der Waals surface area contributed by atoms with E-state index in [4.69, 9.17) is 5.11 Å². The van der Waals surface area contributed by atoms with Crippen molar-refractivity contribution >= 4 is 28.2 Å². The van der Waals surface area contributed by atoms with E-state index in [1.54, 1.807) is 5.38 Å². The minimum absolute atomic E-state index is 0.118. The molecule has 0 saturated carbocycles. The zero-order chi connectivity index (χ0) is 14.8. The molecule has 0 radical (unpaired) electrons. The lowest BCUT2D eigenvalue weighted by Gasteiger charge is -2.24. The van der Waals surface area contributed by atoms with Gasteiger partial charge < -0.3 is 10.4 Å². The number of benzene rings is 1. The van der Waals surface area contributed by atoms with Gasteiger partial charge in [-0.05, 0) is 41.8 Å². The summed E-state index contributed by atoms with van der Waals surface area (Å²) in [7, 11) is 0. The van der Waals surface area contributed by atoms with Crippen molar-refractivity contribution in [3.05, 3.63) is 52.4 Å². The number of amides is 1. The Morgan fingerprint density at radius 1 is 1.24 bits per heavy atom. The number of fused-ring (bicyclic) bond motifs is 1. The van der Waals surface area contributed by atoms with Crippen LogP contribution in [0.5, 0.6) is 0 Å². The number of carboxylic acids is 1. The van der Waals surface area contributed by atoms with Gasteiger partial charge in [0.15, 0.2) is 0 Å². The number of hydrogen-bond donors (Lipinski definition) is 2. The Hall–Kier alpha value is -2.14. The van der Waals surface area contributed by atoms with E-state index in [1.165, 1.54) is 23.0 Å². The van der Waals surface area contributed by atoms with Gasteiger partial charge in [-0.25, -0.2) is 4.79 Å². The third-order valence-electron chi connectivity index (χ3n) is 3.82. The quantitative estimate of drug-likeness (QED) is 0.911. The predicted octanol–water partition coefficient (Wildman–Crippen LogP) is 3.50. The average molecular weight is 301 g/mol. The SMILES string of the molecule is O=C(O)c1ccsc1NC(=O)C1CCCc2ccccc21. The molecule has 1 unspecified atom stereocenters. The molecule has 1 aliphatic carbocycles. The first-order valence-electron chi connectivity index (χ1n) is 6.86. The summed E-state index contributed by atoms with van der Waals surface area (Å²) in [5.41, 5.74) is 2.43. The van der Waals surface area contributed by atoms with E-state index >= 15 is 0 Å². The van der Waals surface area contributed by atoms with Gasteiger partial charge >= 0.3 is 5.97 Å². The third kappa shape index (κ3) is 2.69. The third-order valence-corrected chi connectivity index (χ3v) is 4.65. The highest BCUT2D eigenvalue weighted by Crippen LogP contribution is 2.33. The Balaban J connectivity index is 1.84. The minimum Gasteiger partial charge on any atom is -0.478 e. The van der Waals surface area contributed by atoms with Crippen molar-refractivity contribution < 1.29 is 14.7 Å². The zero-order valence-electron chi connectivity index (χ0n) is 11.3. The Morgan fingerprint density at radius 3 is 2.86 bits per heavy atom. The second kappa shape index (κ2) is 5.69. The van der Waals surface area contributed by atoms with E-state index in [9.17, 15) is 9.59 Å². The molecular formula is C16H15NO3S. The van der Waals surface area contributed by atoms with Crippen LogP contribution in [0, 0.1) is 0 Å². The molecule has 2 N–H and O–H groups in total. The van der Waals surface area contributed by atoms with Gasteiger partial charge in [0.25, 0.3) is 0 Å². The molecule has 3 rings (SSSR count). The van der Waals surface area contributed by atoms with Crippen LogP contribution in [-0.2, 0) is 11.2 Å². The van der Waals surface area contributed by atoms with Gasteiger partial charge in [-0.3, -0.25) is 4.79 Å². The molecule has 0 spiro atoms. The van der Waals surface area contributed by atoms with Gasteiger partial charge in [0.1, 0.15) is 5.00 Å². The summed E-state index contributed by atoms with van der Waals surface area (Å²) in [4.78, 5) is 23.6. The van der Waals surface area contributed by atoms with Crippen LogP contribution in [0.15, 0.2) is 35.7 Å². The molecular weight excluding hydrogens is 286 g/mol. The van der Waals surface area contributed by atoms with Gasteiger partial charge in [0, 0.05) is 0 Å². The summed E-state index contributed by atoms with van der Waals surface area (Å²) in [5, 5.41) is 14.0. The second-order valence-corrected chi connectivity index (χ2v) is 6.02. The van der Waals surface area contributed by atoms with Gasteiger partial charge in [0.05, 0.1) is 11.5 Å². The molecule has 0 fully saturated rings. The fourth-order valence-electron chi connectivity index (χ4n) is 2.80. The molecule has 21 heavy (non-hydrogen) atoms. The molecule has 2 aromatic rings. The van der Waals surface area contributed by atoms with Gasteiger partial charge in [-0.1, -0.05) is 24.3 Å². The highest BCUT2D eigenvalue weighted by atomic mass is 32.1. The summed E-state index contributed by atoms with van der Waals surface area (Å²) in [6.07, 6.45) is 2.78. The van der Waals surface area contributed by atoms with E-state index in [-0.39, 0.29) is 17.4 Å². The van der Waals surface area contributed by atoms with Crippen molar-refractivity contribution in [3.63, 3.8) is 0 Å². The van der Waals surface area contributed by atoms with E-state index in [2.05, 4.69) is 11.4 Å². The van der Waals surface area contributed by atoms with E-state index in [1.807, 2.05) is 18.2 Å². The van der Waals surface area contributed by atoms with Crippen molar-refractivity contribution in [3.8, 4) is 0 Å². The number of carbonyl (C=O) groups is 2. The van der Waals surface area contributed by atoms with Crippen LogP contribution in [0.4, 0.5) is 5.00 Å². The number of aromatic carboxylic acids is 1. The van der Waals surface area contributed by atoms with Crippen LogP contribution in [0.25, 0.3) is 0 Å². The number of aryl methyl sites for hydroxylation is 1. The smallest absolute Gasteiger partial charge is 0.338 e. The first-order chi connectivity index (χ1) is 10.2. The van der Waals surface area contributed by atoms with Gasteiger partial charge in [-0.15, -0.1) is 11.3 Å². The highest BCUT2D eigenvalue weighted by molar-refractivity contribution is 7.14. The maximum Gasteiger partial charge on any atom is 0.338 e.